The fraction of sp³-hybridized carbons (Fsp3) is 0. The van der Waals surface area contributed by atoms with Crippen LogP contribution in [0.5, 0.6) is 0 Å². The van der Waals surface area contributed by atoms with Gasteiger partial charge in [-0.2, -0.15) is 4.98 Å². The quantitative estimate of drug-likeness (QED) is 0.724. The molecule has 18 heavy (non-hydrogen) atoms. The maximum Gasteiger partial charge on any atom is 0.250 e. The molecule has 2 heterocycles. The highest BCUT2D eigenvalue weighted by Gasteiger charge is 2.13. The van der Waals surface area contributed by atoms with Gasteiger partial charge in [-0.05, 0) is 34.1 Å². The summed E-state index contributed by atoms with van der Waals surface area (Å²) in [5.74, 6) is 0.828. The van der Waals surface area contributed by atoms with Crippen molar-refractivity contribution in [3.8, 4) is 11.5 Å². The average molecular weight is 302 g/mol. The number of para-hydroxylation sites is 1. The van der Waals surface area contributed by atoms with Crippen LogP contribution < -0.4 is 0 Å². The summed E-state index contributed by atoms with van der Waals surface area (Å²) < 4.78 is 5.83. The van der Waals surface area contributed by atoms with E-state index >= 15 is 0 Å². The van der Waals surface area contributed by atoms with Crippen LogP contribution in [0.2, 0.25) is 0 Å². The van der Waals surface area contributed by atoms with Gasteiger partial charge in [0.1, 0.15) is 5.69 Å². The molecule has 0 aliphatic carbocycles. The number of hydrogen-bond donors (Lipinski definition) is 0. The number of aromatic nitrogens is 3. The molecule has 0 bridgehead atoms. The molecule has 0 aliphatic heterocycles. The van der Waals surface area contributed by atoms with Crippen LogP contribution >= 0.6 is 15.9 Å². The molecule has 1 aromatic carbocycles. The third-order valence-corrected chi connectivity index (χ3v) is 3.11. The van der Waals surface area contributed by atoms with E-state index in [1.807, 2.05) is 30.3 Å². The van der Waals surface area contributed by atoms with E-state index in [0.717, 1.165) is 15.4 Å². The van der Waals surface area contributed by atoms with Gasteiger partial charge in [0, 0.05) is 9.86 Å². The monoisotopic (exact) mass is 301 g/mol. The number of hydrogen-bond acceptors (Lipinski definition) is 4. The first-order valence-electron chi connectivity index (χ1n) is 5.30. The predicted octanol–water partition coefficient (Wildman–Crippen LogP) is 3.69. The van der Waals surface area contributed by atoms with E-state index in [2.05, 4.69) is 37.6 Å². The van der Waals surface area contributed by atoms with Crippen molar-refractivity contribution in [2.75, 3.05) is 0 Å². The number of fused-ring (bicyclic) bond motifs is 1. The Bertz CT molecular complexity index is 736. The van der Waals surface area contributed by atoms with Crippen molar-refractivity contribution >= 4 is 32.9 Å². The largest absolute Gasteiger partial charge is 0.334 e. The first-order chi connectivity index (χ1) is 8.78. The second-order valence-corrected chi connectivity index (χ2v) is 4.53. The highest BCUT2D eigenvalue weighted by molar-refractivity contribution is 9.10. The summed E-state index contributed by atoms with van der Waals surface area (Å²) >= 11 is 3.48. The smallest absolute Gasteiger partial charge is 0.250 e. The molecular formula is C13H8BrN3O. The Morgan fingerprint density at radius 3 is 2.83 bits per heavy atom. The molecule has 0 N–H and O–H groups in total. The van der Waals surface area contributed by atoms with Crippen molar-refractivity contribution in [3.63, 3.8) is 0 Å². The Balaban J connectivity index is 2.21. The summed E-state index contributed by atoms with van der Waals surface area (Å²) in [6.45, 7) is 3.58. The molecule has 0 fully saturated rings. The van der Waals surface area contributed by atoms with Crippen LogP contribution in [0, 0.1) is 0 Å². The van der Waals surface area contributed by atoms with E-state index in [1.54, 1.807) is 0 Å². The Morgan fingerprint density at radius 2 is 2.06 bits per heavy atom. The Kier molecular flexibility index (Phi) is 2.68. The standard InChI is InChI=1S/C13H8BrN3O/c1-2-11-16-13(17-18-11)12-9(14)7-8-5-3-4-6-10(8)15-12/h2-7H,1H2. The zero-order chi connectivity index (χ0) is 12.5. The van der Waals surface area contributed by atoms with Gasteiger partial charge in [0.15, 0.2) is 0 Å². The van der Waals surface area contributed by atoms with Crippen LogP contribution in [-0.2, 0) is 0 Å². The van der Waals surface area contributed by atoms with Crippen LogP contribution in [0.1, 0.15) is 5.89 Å². The maximum atomic E-state index is 5.00. The van der Waals surface area contributed by atoms with Gasteiger partial charge in [-0.15, -0.1) is 0 Å². The third kappa shape index (κ3) is 1.82. The summed E-state index contributed by atoms with van der Waals surface area (Å²) in [6, 6.07) is 9.85. The lowest BCUT2D eigenvalue weighted by molar-refractivity contribution is 0.411. The second kappa shape index (κ2) is 4.34. The molecule has 0 spiro atoms. The van der Waals surface area contributed by atoms with Gasteiger partial charge in [-0.25, -0.2) is 4.98 Å². The van der Waals surface area contributed by atoms with Crippen molar-refractivity contribution < 1.29 is 4.52 Å². The van der Waals surface area contributed by atoms with Crippen molar-refractivity contribution in [2.24, 2.45) is 0 Å². The topological polar surface area (TPSA) is 51.8 Å². The molecule has 0 saturated heterocycles. The molecule has 3 aromatic rings. The van der Waals surface area contributed by atoms with Crippen molar-refractivity contribution in [2.45, 2.75) is 0 Å². The highest BCUT2D eigenvalue weighted by atomic mass is 79.9. The van der Waals surface area contributed by atoms with Crippen molar-refractivity contribution in [3.05, 3.63) is 47.3 Å². The minimum Gasteiger partial charge on any atom is -0.334 e. The molecule has 2 aromatic heterocycles. The Labute approximate surface area is 111 Å². The number of benzene rings is 1. The number of halogens is 1. The summed E-state index contributed by atoms with van der Waals surface area (Å²) in [7, 11) is 0. The maximum absolute atomic E-state index is 5.00. The van der Waals surface area contributed by atoms with E-state index in [1.165, 1.54) is 6.08 Å². The highest BCUT2D eigenvalue weighted by Crippen LogP contribution is 2.27. The lowest BCUT2D eigenvalue weighted by Crippen LogP contribution is -1.89. The van der Waals surface area contributed by atoms with Gasteiger partial charge >= 0.3 is 0 Å². The van der Waals surface area contributed by atoms with Gasteiger partial charge in [-0.1, -0.05) is 29.9 Å². The predicted molar refractivity (Wildman–Crippen MR) is 72.8 cm³/mol. The lowest BCUT2D eigenvalue weighted by Gasteiger charge is -2.01. The van der Waals surface area contributed by atoms with Gasteiger partial charge in [-0.3, -0.25) is 0 Å². The van der Waals surface area contributed by atoms with E-state index in [-0.39, 0.29) is 0 Å². The first-order valence-corrected chi connectivity index (χ1v) is 6.09. The molecule has 5 heteroatoms. The molecule has 0 radical (unpaired) electrons. The second-order valence-electron chi connectivity index (χ2n) is 3.67. The molecular weight excluding hydrogens is 294 g/mol. The van der Waals surface area contributed by atoms with E-state index in [9.17, 15) is 0 Å². The fourth-order valence-corrected chi connectivity index (χ4v) is 2.17. The zero-order valence-electron chi connectivity index (χ0n) is 9.30. The summed E-state index contributed by atoms with van der Waals surface area (Å²) in [5.41, 5.74) is 1.55. The molecule has 4 nitrogen and oxygen atoms in total. The van der Waals surface area contributed by atoms with Crippen LogP contribution in [0.4, 0.5) is 0 Å². The zero-order valence-corrected chi connectivity index (χ0v) is 10.9. The SMILES string of the molecule is C=Cc1nc(-c2nc3ccccc3cc2Br)no1. The molecule has 0 amide bonds. The molecule has 0 aliphatic rings. The molecule has 3 rings (SSSR count). The van der Waals surface area contributed by atoms with Crippen molar-refractivity contribution in [1.29, 1.82) is 0 Å². The third-order valence-electron chi connectivity index (χ3n) is 2.51. The summed E-state index contributed by atoms with van der Waals surface area (Å²) in [5, 5.41) is 4.93. The normalized spacial score (nSPS) is 10.7. The average Bonchev–Trinajstić information content (AvgIpc) is 2.86. The van der Waals surface area contributed by atoms with Gasteiger partial charge in [0.05, 0.1) is 5.52 Å². The van der Waals surface area contributed by atoms with Crippen LogP contribution in [-0.4, -0.2) is 15.1 Å². The number of pyridine rings is 1. The molecule has 0 saturated carbocycles. The Morgan fingerprint density at radius 1 is 1.22 bits per heavy atom. The fourth-order valence-electron chi connectivity index (χ4n) is 1.66. The van der Waals surface area contributed by atoms with E-state index in [0.29, 0.717) is 17.4 Å². The van der Waals surface area contributed by atoms with Crippen LogP contribution in [0.25, 0.3) is 28.5 Å². The van der Waals surface area contributed by atoms with Crippen LogP contribution in [0.3, 0.4) is 0 Å². The molecule has 88 valence electrons. The van der Waals surface area contributed by atoms with Gasteiger partial charge in [0.25, 0.3) is 0 Å². The van der Waals surface area contributed by atoms with Gasteiger partial charge in [0.2, 0.25) is 11.7 Å². The first kappa shape index (κ1) is 11.1. The van der Waals surface area contributed by atoms with Gasteiger partial charge < -0.3 is 4.52 Å². The molecule has 0 unspecified atom stereocenters. The summed E-state index contributed by atoms with van der Waals surface area (Å²) in [6.07, 6.45) is 1.51. The van der Waals surface area contributed by atoms with Crippen molar-refractivity contribution in [1.82, 2.24) is 15.1 Å². The number of nitrogens with zero attached hydrogens (tertiary/aromatic N) is 3. The minimum absolute atomic E-state index is 0.381. The molecule has 0 atom stereocenters. The van der Waals surface area contributed by atoms with Crippen LogP contribution in [0.15, 0.2) is 45.9 Å². The summed E-state index contributed by atoms with van der Waals surface area (Å²) in [4.78, 5) is 8.70. The Hall–Kier alpha value is -2.01. The minimum atomic E-state index is 0.381. The van der Waals surface area contributed by atoms with E-state index in [4.69, 9.17) is 4.52 Å². The lowest BCUT2D eigenvalue weighted by atomic mass is 10.2. The van der Waals surface area contributed by atoms with E-state index < -0.39 is 0 Å². The number of rotatable bonds is 2.